The monoisotopic (exact) mass is 166 g/mol. The van der Waals surface area contributed by atoms with Gasteiger partial charge in [-0.2, -0.15) is 0 Å². The van der Waals surface area contributed by atoms with E-state index in [4.69, 9.17) is 0 Å². The zero-order valence-electron chi connectivity index (χ0n) is 8.06. The van der Waals surface area contributed by atoms with Gasteiger partial charge in [0.15, 0.2) is 0 Å². The second-order valence-electron chi connectivity index (χ2n) is 5.22. The van der Waals surface area contributed by atoms with Crippen LogP contribution in [-0.4, -0.2) is 10.7 Å². The highest BCUT2D eigenvalue weighted by molar-refractivity contribution is 5.19. The van der Waals surface area contributed by atoms with Crippen molar-refractivity contribution in [2.24, 2.45) is 5.41 Å². The van der Waals surface area contributed by atoms with Gasteiger partial charge in [0.05, 0.1) is 5.60 Å². The molecular weight excluding hydrogens is 148 g/mol. The van der Waals surface area contributed by atoms with Crippen LogP contribution in [0.1, 0.15) is 46.0 Å². The van der Waals surface area contributed by atoms with Gasteiger partial charge >= 0.3 is 0 Å². The molecule has 2 bridgehead atoms. The summed E-state index contributed by atoms with van der Waals surface area (Å²) < 4.78 is 0. The molecule has 2 aliphatic carbocycles. The third kappa shape index (κ3) is 1.42. The number of rotatable bonds is 0. The van der Waals surface area contributed by atoms with Crippen LogP contribution in [0.15, 0.2) is 11.6 Å². The Labute approximate surface area is 74.5 Å². The van der Waals surface area contributed by atoms with Crippen LogP contribution in [0.4, 0.5) is 0 Å². The minimum absolute atomic E-state index is 0.225. The van der Waals surface area contributed by atoms with Crippen molar-refractivity contribution >= 4 is 0 Å². The lowest BCUT2D eigenvalue weighted by atomic mass is 9.66. The van der Waals surface area contributed by atoms with E-state index in [9.17, 15) is 5.11 Å². The molecule has 1 N–H and O–H groups in total. The number of hydrogen-bond acceptors (Lipinski definition) is 1. The van der Waals surface area contributed by atoms with Crippen molar-refractivity contribution in [1.82, 2.24) is 0 Å². The Kier molecular flexibility index (Phi) is 1.63. The molecule has 1 nitrogen and oxygen atoms in total. The molecular formula is C11H18O. The van der Waals surface area contributed by atoms with Crippen LogP contribution in [-0.2, 0) is 0 Å². The lowest BCUT2D eigenvalue weighted by Crippen LogP contribution is -2.40. The molecule has 0 amide bonds. The van der Waals surface area contributed by atoms with Crippen molar-refractivity contribution in [3.05, 3.63) is 11.6 Å². The van der Waals surface area contributed by atoms with E-state index in [1.54, 1.807) is 0 Å². The minimum Gasteiger partial charge on any atom is -0.390 e. The first kappa shape index (κ1) is 8.31. The third-order valence-electron chi connectivity index (χ3n) is 3.08. The Hall–Kier alpha value is -0.300. The van der Waals surface area contributed by atoms with Crippen molar-refractivity contribution in [2.45, 2.75) is 51.6 Å². The van der Waals surface area contributed by atoms with Gasteiger partial charge < -0.3 is 5.11 Å². The fourth-order valence-electron chi connectivity index (χ4n) is 2.97. The summed E-state index contributed by atoms with van der Waals surface area (Å²) >= 11 is 0. The van der Waals surface area contributed by atoms with Crippen molar-refractivity contribution in [3.63, 3.8) is 0 Å². The molecule has 0 spiro atoms. The Morgan fingerprint density at radius 1 is 1.42 bits per heavy atom. The van der Waals surface area contributed by atoms with Crippen LogP contribution < -0.4 is 0 Å². The summed E-state index contributed by atoms with van der Waals surface area (Å²) in [6.45, 7) is 4.45. The van der Waals surface area contributed by atoms with Crippen molar-refractivity contribution in [1.29, 1.82) is 0 Å². The highest BCUT2D eigenvalue weighted by atomic mass is 16.3. The first-order valence-electron chi connectivity index (χ1n) is 4.92. The van der Waals surface area contributed by atoms with Crippen molar-refractivity contribution in [2.75, 3.05) is 0 Å². The molecule has 1 saturated carbocycles. The summed E-state index contributed by atoms with van der Waals surface area (Å²) in [4.78, 5) is 0. The Balaban J connectivity index is 2.31. The fraction of sp³-hybridized carbons (Fsp3) is 0.818. The normalized spacial score (nSPS) is 39.1. The molecule has 0 radical (unpaired) electrons. The molecule has 0 aromatic rings. The summed E-state index contributed by atoms with van der Waals surface area (Å²) in [6, 6.07) is 0. The smallest absolute Gasteiger partial charge is 0.0692 e. The standard InChI is InChI=1S/C11H18O/c1-10(2)6-9-4-3-5-11(12,7-9)8-10/h6,12H,3-5,7-8H2,1-2H3. The van der Waals surface area contributed by atoms with Gasteiger partial charge in [-0.15, -0.1) is 0 Å². The van der Waals surface area contributed by atoms with Crippen LogP contribution in [0.2, 0.25) is 0 Å². The summed E-state index contributed by atoms with van der Waals surface area (Å²) in [5.74, 6) is 0. The number of hydrogen-bond donors (Lipinski definition) is 1. The molecule has 1 unspecified atom stereocenters. The van der Waals surface area contributed by atoms with Gasteiger partial charge in [0.25, 0.3) is 0 Å². The molecule has 1 atom stereocenters. The van der Waals surface area contributed by atoms with E-state index >= 15 is 0 Å². The van der Waals surface area contributed by atoms with Crippen LogP contribution in [0.3, 0.4) is 0 Å². The molecule has 1 heteroatoms. The van der Waals surface area contributed by atoms with Crippen LogP contribution in [0.25, 0.3) is 0 Å². The summed E-state index contributed by atoms with van der Waals surface area (Å²) in [5, 5.41) is 10.2. The fourth-order valence-corrected chi connectivity index (χ4v) is 2.97. The zero-order valence-corrected chi connectivity index (χ0v) is 8.06. The maximum atomic E-state index is 10.2. The van der Waals surface area contributed by atoms with Gasteiger partial charge in [-0.05, 0) is 37.5 Å². The van der Waals surface area contributed by atoms with E-state index < -0.39 is 0 Å². The molecule has 0 saturated heterocycles. The van der Waals surface area contributed by atoms with Crippen LogP contribution in [0, 0.1) is 5.41 Å². The van der Waals surface area contributed by atoms with Gasteiger partial charge in [0.2, 0.25) is 0 Å². The van der Waals surface area contributed by atoms with Gasteiger partial charge in [-0.25, -0.2) is 0 Å². The molecule has 1 fully saturated rings. The average Bonchev–Trinajstić information content (AvgIpc) is 1.79. The SMILES string of the molecule is CC1(C)C=C2CCCC(O)(C2)C1. The van der Waals surface area contributed by atoms with E-state index in [-0.39, 0.29) is 11.0 Å². The van der Waals surface area contributed by atoms with E-state index in [1.165, 1.54) is 18.4 Å². The quantitative estimate of drug-likeness (QED) is 0.548. The summed E-state index contributed by atoms with van der Waals surface area (Å²) in [5.41, 5.74) is 1.36. The second kappa shape index (κ2) is 2.35. The van der Waals surface area contributed by atoms with Crippen molar-refractivity contribution < 1.29 is 5.11 Å². The molecule has 0 aliphatic heterocycles. The third-order valence-corrected chi connectivity index (χ3v) is 3.08. The Bertz CT molecular complexity index is 227. The van der Waals surface area contributed by atoms with E-state index in [2.05, 4.69) is 19.9 Å². The van der Waals surface area contributed by atoms with Gasteiger partial charge in [-0.1, -0.05) is 25.5 Å². The predicted octanol–water partition coefficient (Wildman–Crippen LogP) is 2.65. The molecule has 2 aliphatic rings. The molecule has 0 heterocycles. The van der Waals surface area contributed by atoms with E-state index in [0.717, 1.165) is 19.3 Å². The zero-order chi connectivity index (χ0) is 8.82. The first-order valence-corrected chi connectivity index (χ1v) is 4.92. The van der Waals surface area contributed by atoms with Crippen LogP contribution >= 0.6 is 0 Å². The van der Waals surface area contributed by atoms with Gasteiger partial charge in [0, 0.05) is 0 Å². The molecule has 68 valence electrons. The van der Waals surface area contributed by atoms with Gasteiger partial charge in [0.1, 0.15) is 0 Å². The maximum Gasteiger partial charge on any atom is 0.0692 e. The molecule has 12 heavy (non-hydrogen) atoms. The lowest BCUT2D eigenvalue weighted by Gasteiger charge is -2.43. The van der Waals surface area contributed by atoms with Crippen LogP contribution in [0.5, 0.6) is 0 Å². The topological polar surface area (TPSA) is 20.2 Å². The Morgan fingerprint density at radius 3 is 2.83 bits per heavy atom. The van der Waals surface area contributed by atoms with Crippen molar-refractivity contribution in [3.8, 4) is 0 Å². The summed E-state index contributed by atoms with van der Waals surface area (Å²) in [6.07, 6.45) is 7.67. The number of fused-ring (bicyclic) bond motifs is 2. The first-order chi connectivity index (χ1) is 5.49. The number of allylic oxidation sites excluding steroid dienone is 1. The lowest BCUT2D eigenvalue weighted by molar-refractivity contribution is -0.0197. The van der Waals surface area contributed by atoms with Gasteiger partial charge in [-0.3, -0.25) is 0 Å². The molecule has 2 rings (SSSR count). The second-order valence-corrected chi connectivity index (χ2v) is 5.22. The molecule has 0 aromatic carbocycles. The average molecular weight is 166 g/mol. The minimum atomic E-state index is -0.355. The van der Waals surface area contributed by atoms with E-state index in [0.29, 0.717) is 0 Å². The largest absolute Gasteiger partial charge is 0.390 e. The summed E-state index contributed by atoms with van der Waals surface area (Å²) in [7, 11) is 0. The highest BCUT2D eigenvalue weighted by Gasteiger charge is 2.40. The number of aliphatic hydroxyl groups is 1. The van der Waals surface area contributed by atoms with E-state index in [1.807, 2.05) is 0 Å². The predicted molar refractivity (Wildman–Crippen MR) is 49.9 cm³/mol. The Morgan fingerprint density at radius 2 is 2.17 bits per heavy atom. The highest BCUT2D eigenvalue weighted by Crippen LogP contribution is 2.46. The molecule has 0 aromatic heterocycles. The maximum absolute atomic E-state index is 10.2.